The van der Waals surface area contributed by atoms with Crippen LogP contribution >= 0.6 is 27.5 Å². The van der Waals surface area contributed by atoms with Crippen LogP contribution < -0.4 is 20.3 Å². The second-order valence-corrected chi connectivity index (χ2v) is 6.95. The van der Waals surface area contributed by atoms with Crippen molar-refractivity contribution >= 4 is 39.3 Å². The second-order valence-electron chi connectivity index (χ2n) is 5.66. The van der Waals surface area contributed by atoms with Gasteiger partial charge in [-0.05, 0) is 65.2 Å². The third-order valence-corrected chi connectivity index (χ3v) is 4.45. The van der Waals surface area contributed by atoms with E-state index in [1.54, 1.807) is 37.3 Å². The number of nitrogens with one attached hydrogen (secondary N) is 2. The zero-order chi connectivity index (χ0) is 19.8. The standard InChI is InChI=1S/C19H20BrClN2O4/c1-3-13-4-7-15(8-5-13)27-12(2)19(25)23-22-18(24)11-26-17-9-6-14(21)10-16(17)20/h4-10,12H,3,11H2,1-2H3,(H,22,24)(H,23,25). The summed E-state index contributed by atoms with van der Waals surface area (Å²) in [5, 5.41) is 0.546. The molecule has 1 unspecified atom stereocenters. The summed E-state index contributed by atoms with van der Waals surface area (Å²) in [5.74, 6) is 0.0606. The van der Waals surface area contributed by atoms with Gasteiger partial charge in [-0.15, -0.1) is 0 Å². The molecule has 8 heteroatoms. The van der Waals surface area contributed by atoms with E-state index in [4.69, 9.17) is 21.1 Å². The number of halogens is 2. The van der Waals surface area contributed by atoms with E-state index in [0.29, 0.717) is 21.0 Å². The maximum atomic E-state index is 12.0. The normalized spacial score (nSPS) is 11.4. The molecule has 144 valence electrons. The van der Waals surface area contributed by atoms with Gasteiger partial charge in [0.05, 0.1) is 4.47 Å². The van der Waals surface area contributed by atoms with Crippen LogP contribution in [0.3, 0.4) is 0 Å². The lowest BCUT2D eigenvalue weighted by atomic mass is 10.2. The van der Waals surface area contributed by atoms with Crippen LogP contribution in [0.15, 0.2) is 46.9 Å². The summed E-state index contributed by atoms with van der Waals surface area (Å²) in [6, 6.07) is 12.4. The molecule has 0 fully saturated rings. The molecule has 0 spiro atoms. The average Bonchev–Trinajstić information content (AvgIpc) is 2.66. The van der Waals surface area contributed by atoms with Crippen LogP contribution in [0.1, 0.15) is 19.4 Å². The average molecular weight is 456 g/mol. The van der Waals surface area contributed by atoms with Gasteiger partial charge in [-0.3, -0.25) is 20.4 Å². The summed E-state index contributed by atoms with van der Waals surface area (Å²) in [6.45, 7) is 3.38. The summed E-state index contributed by atoms with van der Waals surface area (Å²) >= 11 is 9.13. The molecule has 2 rings (SSSR count). The van der Waals surface area contributed by atoms with Crippen LogP contribution in [0.5, 0.6) is 11.5 Å². The van der Waals surface area contributed by atoms with Crippen molar-refractivity contribution in [3.05, 3.63) is 57.5 Å². The van der Waals surface area contributed by atoms with Crippen LogP contribution in [0.4, 0.5) is 0 Å². The first-order valence-corrected chi connectivity index (χ1v) is 9.48. The molecule has 2 N–H and O–H groups in total. The van der Waals surface area contributed by atoms with E-state index in [-0.39, 0.29) is 6.61 Å². The van der Waals surface area contributed by atoms with Gasteiger partial charge < -0.3 is 9.47 Å². The minimum absolute atomic E-state index is 0.270. The monoisotopic (exact) mass is 454 g/mol. The molecule has 0 aliphatic rings. The number of hydrogen-bond donors (Lipinski definition) is 2. The zero-order valence-electron chi connectivity index (χ0n) is 14.9. The van der Waals surface area contributed by atoms with Gasteiger partial charge in [-0.2, -0.15) is 0 Å². The quantitative estimate of drug-likeness (QED) is 0.625. The minimum Gasteiger partial charge on any atom is -0.483 e. The molecule has 2 amide bonds. The Bertz CT molecular complexity index is 799. The summed E-state index contributed by atoms with van der Waals surface area (Å²) < 4.78 is 11.5. The highest BCUT2D eigenvalue weighted by atomic mass is 79.9. The molecule has 27 heavy (non-hydrogen) atoms. The predicted octanol–water partition coefficient (Wildman–Crippen LogP) is 3.66. The molecule has 0 bridgehead atoms. The molecule has 6 nitrogen and oxygen atoms in total. The first kappa shape index (κ1) is 21.1. The van der Waals surface area contributed by atoms with E-state index in [2.05, 4.69) is 33.7 Å². The molecule has 0 radical (unpaired) electrons. The maximum absolute atomic E-state index is 12.0. The van der Waals surface area contributed by atoms with E-state index in [1.807, 2.05) is 12.1 Å². The Balaban J connectivity index is 1.75. The Labute approximate surface area is 171 Å². The summed E-state index contributed by atoms with van der Waals surface area (Å²) in [7, 11) is 0. The lowest BCUT2D eigenvalue weighted by Crippen LogP contribution is -2.48. The first-order chi connectivity index (χ1) is 12.9. The number of carbonyl (C=O) groups excluding carboxylic acids is 2. The number of ether oxygens (including phenoxy) is 2. The van der Waals surface area contributed by atoms with Crippen LogP contribution in [-0.2, 0) is 16.0 Å². The van der Waals surface area contributed by atoms with Crippen molar-refractivity contribution in [1.29, 1.82) is 0 Å². The lowest BCUT2D eigenvalue weighted by Gasteiger charge is -2.15. The van der Waals surface area contributed by atoms with E-state index in [9.17, 15) is 9.59 Å². The van der Waals surface area contributed by atoms with Crippen LogP contribution in [-0.4, -0.2) is 24.5 Å². The molecule has 0 saturated carbocycles. The van der Waals surface area contributed by atoms with Gasteiger partial charge in [0.15, 0.2) is 12.7 Å². The van der Waals surface area contributed by atoms with Gasteiger partial charge in [-0.25, -0.2) is 0 Å². The largest absolute Gasteiger partial charge is 0.483 e. The van der Waals surface area contributed by atoms with Crippen LogP contribution in [0.25, 0.3) is 0 Å². The van der Waals surface area contributed by atoms with Crippen molar-refractivity contribution in [2.24, 2.45) is 0 Å². The predicted molar refractivity (Wildman–Crippen MR) is 107 cm³/mol. The van der Waals surface area contributed by atoms with Gasteiger partial charge in [0.25, 0.3) is 11.8 Å². The number of carbonyl (C=O) groups is 2. The maximum Gasteiger partial charge on any atom is 0.279 e. The Morgan fingerprint density at radius 3 is 2.48 bits per heavy atom. The zero-order valence-corrected chi connectivity index (χ0v) is 17.3. The number of benzene rings is 2. The molecule has 2 aromatic rings. The minimum atomic E-state index is -0.774. The molecular formula is C19H20BrClN2O4. The van der Waals surface area contributed by atoms with Gasteiger partial charge in [0, 0.05) is 5.02 Å². The first-order valence-electron chi connectivity index (χ1n) is 8.31. The molecule has 0 heterocycles. The Hall–Kier alpha value is -2.25. The fourth-order valence-corrected chi connectivity index (χ4v) is 2.86. The van der Waals surface area contributed by atoms with Crippen molar-refractivity contribution in [3.8, 4) is 11.5 Å². The SMILES string of the molecule is CCc1ccc(OC(C)C(=O)NNC(=O)COc2ccc(Cl)cc2Br)cc1. The third-order valence-electron chi connectivity index (χ3n) is 3.59. The van der Waals surface area contributed by atoms with Gasteiger partial charge in [0.2, 0.25) is 0 Å². The van der Waals surface area contributed by atoms with Gasteiger partial charge >= 0.3 is 0 Å². The Kier molecular flexibility index (Phi) is 7.94. The van der Waals surface area contributed by atoms with Crippen LogP contribution in [0, 0.1) is 0 Å². The fraction of sp³-hybridized carbons (Fsp3) is 0.263. The van der Waals surface area contributed by atoms with Crippen LogP contribution in [0.2, 0.25) is 5.02 Å². The van der Waals surface area contributed by atoms with E-state index >= 15 is 0 Å². The smallest absolute Gasteiger partial charge is 0.279 e. The highest BCUT2D eigenvalue weighted by Crippen LogP contribution is 2.27. The fourth-order valence-electron chi connectivity index (χ4n) is 2.07. The topological polar surface area (TPSA) is 76.7 Å². The Morgan fingerprint density at radius 1 is 1.15 bits per heavy atom. The van der Waals surface area contributed by atoms with Crippen molar-refractivity contribution in [2.75, 3.05) is 6.61 Å². The summed E-state index contributed by atoms with van der Waals surface area (Å²) in [6.07, 6.45) is 0.154. The molecule has 1 atom stereocenters. The third kappa shape index (κ3) is 6.77. The number of hydrogen-bond acceptors (Lipinski definition) is 4. The van der Waals surface area contributed by atoms with E-state index < -0.39 is 17.9 Å². The molecule has 0 aliphatic heterocycles. The number of hydrazine groups is 1. The number of aryl methyl sites for hydroxylation is 1. The summed E-state index contributed by atoms with van der Waals surface area (Å²) in [5.41, 5.74) is 5.77. The highest BCUT2D eigenvalue weighted by Gasteiger charge is 2.15. The van der Waals surface area contributed by atoms with Crippen molar-refractivity contribution in [1.82, 2.24) is 10.9 Å². The number of amides is 2. The van der Waals surface area contributed by atoms with Gasteiger partial charge in [-0.1, -0.05) is 30.7 Å². The molecule has 0 aliphatic carbocycles. The van der Waals surface area contributed by atoms with Crippen molar-refractivity contribution < 1.29 is 19.1 Å². The summed E-state index contributed by atoms with van der Waals surface area (Å²) in [4.78, 5) is 23.8. The lowest BCUT2D eigenvalue weighted by molar-refractivity contribution is -0.133. The molecular weight excluding hydrogens is 436 g/mol. The number of rotatable bonds is 7. The second kappa shape index (κ2) is 10.2. The van der Waals surface area contributed by atoms with Crippen molar-refractivity contribution in [3.63, 3.8) is 0 Å². The molecule has 0 aromatic heterocycles. The highest BCUT2D eigenvalue weighted by molar-refractivity contribution is 9.10. The van der Waals surface area contributed by atoms with E-state index in [1.165, 1.54) is 5.56 Å². The molecule has 0 saturated heterocycles. The molecule has 2 aromatic carbocycles. The van der Waals surface area contributed by atoms with Gasteiger partial charge in [0.1, 0.15) is 11.5 Å². The van der Waals surface area contributed by atoms with Crippen molar-refractivity contribution in [2.45, 2.75) is 26.4 Å². The van der Waals surface area contributed by atoms with E-state index in [0.717, 1.165) is 6.42 Å². The Morgan fingerprint density at radius 2 is 1.85 bits per heavy atom.